The number of carbonyl (C=O) groups is 2. The average Bonchev–Trinajstić information content (AvgIpc) is 2.97. The molecule has 0 fully saturated rings. The Kier molecular flexibility index (Phi) is 8.59. The maximum absolute atomic E-state index is 13.1. The minimum Gasteiger partial charge on any atom is -0.489 e. The number of hydrogen-bond acceptors (Lipinski definition) is 6. The van der Waals surface area contributed by atoms with E-state index in [1.165, 1.54) is 11.8 Å². The first-order chi connectivity index (χ1) is 19.4. The number of ether oxygens (including phenoxy) is 1. The van der Waals surface area contributed by atoms with Crippen molar-refractivity contribution < 1.29 is 14.3 Å². The molecule has 0 spiro atoms. The van der Waals surface area contributed by atoms with E-state index in [4.69, 9.17) is 16.3 Å². The third-order valence-electron chi connectivity index (χ3n) is 6.95. The quantitative estimate of drug-likeness (QED) is 0.303. The molecule has 0 aromatic heterocycles. The minimum atomic E-state index is -0.502. The number of carbonyl (C=O) groups excluding carboxylic acids is 2. The number of amides is 1. The Labute approximate surface area is 243 Å². The van der Waals surface area contributed by atoms with Crippen molar-refractivity contribution in [2.75, 3.05) is 11.1 Å². The Hall–Kier alpha value is -3.99. The Balaban J connectivity index is 1.37. The van der Waals surface area contributed by atoms with E-state index < -0.39 is 5.92 Å². The Morgan fingerprint density at radius 2 is 1.90 bits per heavy atom. The minimum absolute atomic E-state index is 0.0501. The van der Waals surface area contributed by atoms with Gasteiger partial charge in [-0.25, -0.2) is 0 Å². The van der Waals surface area contributed by atoms with Crippen molar-refractivity contribution >= 4 is 40.7 Å². The van der Waals surface area contributed by atoms with Crippen LogP contribution in [0.25, 0.3) is 0 Å². The first-order valence-electron chi connectivity index (χ1n) is 13.1. The molecule has 1 aliphatic carbocycles. The van der Waals surface area contributed by atoms with E-state index in [1.807, 2.05) is 67.6 Å². The van der Waals surface area contributed by atoms with Gasteiger partial charge in [-0.1, -0.05) is 71.9 Å². The Morgan fingerprint density at radius 3 is 2.65 bits per heavy atom. The van der Waals surface area contributed by atoms with Crippen molar-refractivity contribution in [3.63, 3.8) is 0 Å². The summed E-state index contributed by atoms with van der Waals surface area (Å²) in [7, 11) is 0. The number of ketones is 1. The zero-order valence-corrected chi connectivity index (χ0v) is 23.6. The van der Waals surface area contributed by atoms with Crippen LogP contribution < -0.4 is 15.4 Å². The fraction of sp³-hybridized carbons (Fsp3) is 0.219. The van der Waals surface area contributed by atoms with Crippen LogP contribution in [0.2, 0.25) is 5.02 Å². The normalized spacial score (nSPS) is 16.6. The monoisotopic (exact) mass is 569 g/mol. The summed E-state index contributed by atoms with van der Waals surface area (Å²) in [6, 6.07) is 25.2. The zero-order chi connectivity index (χ0) is 28.1. The SMILES string of the molecule is Cc1ccc(Cl)cc1NC(=O)CSC1=C(C#N)[C@H](c2ccc(OCc3ccccc3)cc2)C2=C(CCCC2=O)N1. The van der Waals surface area contributed by atoms with Gasteiger partial charge >= 0.3 is 0 Å². The number of Topliss-reactive ketones (excluding diaryl/α,β-unsaturated/α-hetero) is 1. The topological polar surface area (TPSA) is 91.2 Å². The van der Waals surface area contributed by atoms with E-state index in [0.29, 0.717) is 52.1 Å². The van der Waals surface area contributed by atoms with E-state index >= 15 is 0 Å². The number of anilines is 1. The second-order valence-corrected chi connectivity index (χ2v) is 11.1. The van der Waals surface area contributed by atoms with Crippen LogP contribution in [-0.4, -0.2) is 17.4 Å². The predicted molar refractivity (Wildman–Crippen MR) is 159 cm³/mol. The van der Waals surface area contributed by atoms with Crippen molar-refractivity contribution in [1.29, 1.82) is 5.26 Å². The number of nitriles is 1. The van der Waals surface area contributed by atoms with Crippen molar-refractivity contribution in [3.8, 4) is 11.8 Å². The van der Waals surface area contributed by atoms with Crippen molar-refractivity contribution in [2.24, 2.45) is 0 Å². The standard InChI is InChI=1S/C32H28ClN3O3S/c1-20-10-13-23(33)16-27(20)35-29(38)19-40-32-25(17-34)30(31-26(36-32)8-5-9-28(31)37)22-11-14-24(15-12-22)39-18-21-6-3-2-4-7-21/h2-4,6-7,10-16,30,36H,5,8-9,18-19H2,1H3,(H,35,38)/t30-/m0/s1. The molecule has 40 heavy (non-hydrogen) atoms. The molecule has 0 unspecified atom stereocenters. The van der Waals surface area contributed by atoms with E-state index in [0.717, 1.165) is 28.8 Å². The van der Waals surface area contributed by atoms with Crippen LogP contribution in [0, 0.1) is 18.3 Å². The molecule has 1 amide bonds. The van der Waals surface area contributed by atoms with E-state index in [1.54, 1.807) is 12.1 Å². The average molecular weight is 570 g/mol. The van der Waals surface area contributed by atoms with Gasteiger partial charge in [0, 0.05) is 28.4 Å². The summed E-state index contributed by atoms with van der Waals surface area (Å²) in [5, 5.41) is 17.6. The number of halogens is 1. The maximum atomic E-state index is 13.1. The van der Waals surface area contributed by atoms with Gasteiger partial charge in [-0.15, -0.1) is 0 Å². The van der Waals surface area contributed by atoms with Gasteiger partial charge in [0.05, 0.1) is 28.3 Å². The van der Waals surface area contributed by atoms with Gasteiger partial charge in [0.15, 0.2) is 5.78 Å². The molecule has 1 heterocycles. The van der Waals surface area contributed by atoms with Crippen LogP contribution in [-0.2, 0) is 16.2 Å². The summed E-state index contributed by atoms with van der Waals surface area (Å²) in [4.78, 5) is 25.9. The van der Waals surface area contributed by atoms with E-state index in [9.17, 15) is 14.9 Å². The van der Waals surface area contributed by atoms with Crippen LogP contribution in [0.1, 0.15) is 41.9 Å². The number of nitrogens with zero attached hydrogens (tertiary/aromatic N) is 1. The summed E-state index contributed by atoms with van der Waals surface area (Å²) >= 11 is 7.36. The fourth-order valence-electron chi connectivity index (χ4n) is 4.92. The highest BCUT2D eigenvalue weighted by atomic mass is 35.5. The van der Waals surface area contributed by atoms with Crippen molar-refractivity contribution in [1.82, 2.24) is 5.32 Å². The third kappa shape index (κ3) is 6.25. The smallest absolute Gasteiger partial charge is 0.234 e. The second kappa shape index (κ2) is 12.5. The number of aryl methyl sites for hydroxylation is 1. The molecule has 0 bridgehead atoms. The number of allylic oxidation sites excluding steroid dienone is 3. The molecule has 0 saturated carbocycles. The fourth-order valence-corrected chi connectivity index (χ4v) is 5.96. The molecule has 0 radical (unpaired) electrons. The number of rotatable bonds is 8. The molecular weight excluding hydrogens is 542 g/mol. The number of dihydropyridines is 1. The summed E-state index contributed by atoms with van der Waals surface area (Å²) in [6.45, 7) is 2.34. The lowest BCUT2D eigenvalue weighted by molar-refractivity contribution is -0.116. The summed E-state index contributed by atoms with van der Waals surface area (Å²) < 4.78 is 5.94. The van der Waals surface area contributed by atoms with Crippen LogP contribution in [0.5, 0.6) is 5.75 Å². The van der Waals surface area contributed by atoms with Gasteiger partial charge in [-0.2, -0.15) is 5.26 Å². The summed E-state index contributed by atoms with van der Waals surface area (Å²) in [6.07, 6.45) is 1.92. The molecule has 0 saturated heterocycles. The van der Waals surface area contributed by atoms with E-state index in [-0.39, 0.29) is 17.4 Å². The third-order valence-corrected chi connectivity index (χ3v) is 8.20. The molecule has 2 N–H and O–H groups in total. The maximum Gasteiger partial charge on any atom is 0.234 e. The Morgan fingerprint density at radius 1 is 1.12 bits per heavy atom. The van der Waals surface area contributed by atoms with Crippen LogP contribution in [0.15, 0.2) is 94.7 Å². The molecule has 8 heteroatoms. The van der Waals surface area contributed by atoms with Gasteiger partial charge in [0.2, 0.25) is 5.91 Å². The molecule has 5 rings (SSSR count). The van der Waals surface area contributed by atoms with Gasteiger partial charge < -0.3 is 15.4 Å². The first kappa shape index (κ1) is 27.6. The lowest BCUT2D eigenvalue weighted by atomic mass is 9.77. The summed E-state index contributed by atoms with van der Waals surface area (Å²) in [5.74, 6) is 0.135. The number of nitrogens with one attached hydrogen (secondary N) is 2. The molecule has 202 valence electrons. The predicted octanol–water partition coefficient (Wildman–Crippen LogP) is 7.03. The van der Waals surface area contributed by atoms with Crippen LogP contribution in [0.3, 0.4) is 0 Å². The molecule has 2 aliphatic rings. The van der Waals surface area contributed by atoms with Gasteiger partial charge in [0.1, 0.15) is 12.4 Å². The highest BCUT2D eigenvalue weighted by Gasteiger charge is 2.37. The molecule has 6 nitrogen and oxygen atoms in total. The first-order valence-corrected chi connectivity index (χ1v) is 14.4. The zero-order valence-electron chi connectivity index (χ0n) is 22.0. The largest absolute Gasteiger partial charge is 0.489 e. The van der Waals surface area contributed by atoms with Crippen molar-refractivity contribution in [2.45, 2.75) is 38.7 Å². The molecule has 1 aliphatic heterocycles. The number of benzene rings is 3. The van der Waals surface area contributed by atoms with Gasteiger partial charge in [-0.3, -0.25) is 9.59 Å². The Bertz CT molecular complexity index is 1540. The molecule has 3 aromatic rings. The lowest BCUT2D eigenvalue weighted by Gasteiger charge is -2.33. The number of thioether (sulfide) groups is 1. The van der Waals surface area contributed by atoms with Crippen LogP contribution >= 0.6 is 23.4 Å². The number of hydrogen-bond donors (Lipinski definition) is 2. The molecular formula is C32H28ClN3O3S. The highest BCUT2D eigenvalue weighted by Crippen LogP contribution is 2.44. The van der Waals surface area contributed by atoms with Gasteiger partial charge in [0.25, 0.3) is 0 Å². The lowest BCUT2D eigenvalue weighted by Crippen LogP contribution is -2.31. The van der Waals surface area contributed by atoms with Crippen molar-refractivity contribution in [3.05, 3.63) is 116 Å². The molecule has 1 atom stereocenters. The van der Waals surface area contributed by atoms with Gasteiger partial charge in [-0.05, 0) is 60.7 Å². The second-order valence-electron chi connectivity index (χ2n) is 9.72. The van der Waals surface area contributed by atoms with E-state index in [2.05, 4.69) is 16.7 Å². The molecule has 3 aromatic carbocycles. The summed E-state index contributed by atoms with van der Waals surface area (Å²) in [5.41, 5.74) is 5.37. The van der Waals surface area contributed by atoms with Crippen LogP contribution in [0.4, 0.5) is 5.69 Å². The highest BCUT2D eigenvalue weighted by molar-refractivity contribution is 8.03.